The van der Waals surface area contributed by atoms with Gasteiger partial charge in [-0.05, 0) is 56.2 Å². The summed E-state index contributed by atoms with van der Waals surface area (Å²) in [4.78, 5) is 19.0. The van der Waals surface area contributed by atoms with Crippen molar-refractivity contribution >= 4 is 39.9 Å². The van der Waals surface area contributed by atoms with Crippen LogP contribution in [0.1, 0.15) is 65.7 Å². The molecule has 1 heterocycles. The van der Waals surface area contributed by atoms with Gasteiger partial charge in [0.25, 0.3) is 0 Å². The fourth-order valence-electron chi connectivity index (χ4n) is 4.32. The SMILES string of the molecule is CCCC[C@H](C)C(N)=O.COc1cc2ncnc(Nc3cccc(Cl)c3F)c2cc1OC1CCC(C)CC1. The molecule has 0 saturated heterocycles. The first-order chi connectivity index (χ1) is 18.2. The summed E-state index contributed by atoms with van der Waals surface area (Å²) in [5.41, 5.74) is 5.96. The van der Waals surface area contributed by atoms with Gasteiger partial charge in [0.15, 0.2) is 17.3 Å². The zero-order chi connectivity index (χ0) is 27.7. The molecule has 3 aromatic rings. The van der Waals surface area contributed by atoms with Crippen LogP contribution in [0, 0.1) is 17.7 Å². The minimum Gasteiger partial charge on any atom is -0.493 e. The second-order valence-electron chi connectivity index (χ2n) is 9.91. The zero-order valence-corrected chi connectivity index (χ0v) is 23.4. The van der Waals surface area contributed by atoms with Crippen molar-refractivity contribution in [3.05, 3.63) is 47.5 Å². The summed E-state index contributed by atoms with van der Waals surface area (Å²) in [7, 11) is 1.61. The zero-order valence-electron chi connectivity index (χ0n) is 22.6. The molecule has 0 spiro atoms. The Morgan fingerprint density at radius 2 is 1.95 bits per heavy atom. The number of halogens is 2. The minimum absolute atomic E-state index is 0.0468. The van der Waals surface area contributed by atoms with Crippen molar-refractivity contribution < 1.29 is 18.7 Å². The first kappa shape index (κ1) is 29.4. The number of hydrogen-bond acceptors (Lipinski definition) is 6. The van der Waals surface area contributed by atoms with Gasteiger partial charge in [0.2, 0.25) is 5.91 Å². The van der Waals surface area contributed by atoms with E-state index >= 15 is 0 Å². The van der Waals surface area contributed by atoms with Gasteiger partial charge in [-0.15, -0.1) is 0 Å². The number of anilines is 2. The highest BCUT2D eigenvalue weighted by Gasteiger charge is 2.22. The lowest BCUT2D eigenvalue weighted by molar-refractivity contribution is -0.121. The molecule has 7 nitrogen and oxygen atoms in total. The number of carbonyl (C=O) groups is 1. The molecule has 1 aliphatic carbocycles. The molecule has 1 saturated carbocycles. The first-order valence-corrected chi connectivity index (χ1v) is 13.6. The number of nitrogens with one attached hydrogen (secondary N) is 1. The van der Waals surface area contributed by atoms with E-state index in [0.29, 0.717) is 28.2 Å². The van der Waals surface area contributed by atoms with Crippen LogP contribution in [0.4, 0.5) is 15.9 Å². The largest absolute Gasteiger partial charge is 0.493 e. The molecule has 9 heteroatoms. The van der Waals surface area contributed by atoms with Crippen molar-refractivity contribution in [2.75, 3.05) is 12.4 Å². The van der Waals surface area contributed by atoms with Crippen LogP contribution in [-0.4, -0.2) is 29.1 Å². The number of nitrogens with two attached hydrogens (primary N) is 1. The lowest BCUT2D eigenvalue weighted by atomic mass is 9.89. The number of methoxy groups -OCH3 is 1. The Hall–Kier alpha value is -3.13. The predicted octanol–water partition coefficient (Wildman–Crippen LogP) is 7.43. The number of rotatable bonds is 9. The molecule has 1 amide bonds. The number of amides is 1. The van der Waals surface area contributed by atoms with Crippen molar-refractivity contribution in [2.45, 2.75) is 71.8 Å². The van der Waals surface area contributed by atoms with Crippen LogP contribution in [0.5, 0.6) is 11.5 Å². The molecule has 1 aliphatic rings. The molecule has 0 radical (unpaired) electrons. The topological polar surface area (TPSA) is 99.4 Å². The van der Waals surface area contributed by atoms with Gasteiger partial charge in [0, 0.05) is 17.4 Å². The van der Waals surface area contributed by atoms with Crippen molar-refractivity contribution in [3.8, 4) is 11.5 Å². The van der Waals surface area contributed by atoms with Gasteiger partial charge < -0.3 is 20.5 Å². The Balaban J connectivity index is 0.000000383. The molecule has 0 bridgehead atoms. The van der Waals surface area contributed by atoms with E-state index < -0.39 is 5.82 Å². The van der Waals surface area contributed by atoms with Crippen molar-refractivity contribution in [3.63, 3.8) is 0 Å². The van der Waals surface area contributed by atoms with Crippen LogP contribution in [0.3, 0.4) is 0 Å². The standard InChI is InChI=1S/C22H23ClFN3O2.C7H15NO/c1-13-6-8-14(9-7-13)29-20-10-15-18(11-19(20)28-2)25-12-26-22(15)27-17-5-3-4-16(23)21(17)24;1-3-4-5-6(2)7(8)9/h3-5,10-14H,6-9H2,1-2H3,(H,25,26,27);6H,3-5H2,1-2H3,(H2,8,9)/t;6-/m.0/s1. The summed E-state index contributed by atoms with van der Waals surface area (Å²) in [6.45, 7) is 6.25. The van der Waals surface area contributed by atoms with Crippen LogP contribution in [0.2, 0.25) is 5.02 Å². The summed E-state index contributed by atoms with van der Waals surface area (Å²) < 4.78 is 26.1. The highest BCUT2D eigenvalue weighted by Crippen LogP contribution is 2.37. The Morgan fingerprint density at radius 1 is 1.21 bits per heavy atom. The average Bonchev–Trinajstić information content (AvgIpc) is 2.91. The Bertz CT molecular complexity index is 1220. The van der Waals surface area contributed by atoms with Crippen molar-refractivity contribution in [1.29, 1.82) is 0 Å². The summed E-state index contributed by atoms with van der Waals surface area (Å²) in [5.74, 6) is 1.83. The molecule has 0 aliphatic heterocycles. The lowest BCUT2D eigenvalue weighted by Gasteiger charge is -2.27. The van der Waals surface area contributed by atoms with Crippen LogP contribution >= 0.6 is 11.6 Å². The number of benzene rings is 2. The average molecular weight is 545 g/mol. The third-order valence-electron chi connectivity index (χ3n) is 6.86. The van der Waals surface area contributed by atoms with Crippen LogP contribution in [-0.2, 0) is 4.79 Å². The van der Waals surface area contributed by atoms with Crippen LogP contribution in [0.25, 0.3) is 10.9 Å². The van der Waals surface area contributed by atoms with Crippen molar-refractivity contribution in [2.24, 2.45) is 17.6 Å². The number of fused-ring (bicyclic) bond motifs is 1. The van der Waals surface area contributed by atoms with Crippen LogP contribution in [0.15, 0.2) is 36.7 Å². The molecule has 1 fully saturated rings. The molecule has 0 unspecified atom stereocenters. The van der Waals surface area contributed by atoms with Gasteiger partial charge in [-0.2, -0.15) is 0 Å². The molecule has 4 rings (SSSR count). The van der Waals surface area contributed by atoms with Gasteiger partial charge in [-0.1, -0.05) is 51.3 Å². The summed E-state index contributed by atoms with van der Waals surface area (Å²) in [6, 6.07) is 8.47. The fraction of sp³-hybridized carbons (Fsp3) is 0.483. The maximum absolute atomic E-state index is 14.3. The van der Waals surface area contributed by atoms with E-state index in [0.717, 1.165) is 50.9 Å². The van der Waals surface area contributed by atoms with E-state index in [-0.39, 0.29) is 28.6 Å². The maximum Gasteiger partial charge on any atom is 0.220 e. The predicted molar refractivity (Wildman–Crippen MR) is 151 cm³/mol. The third kappa shape index (κ3) is 7.93. The molecule has 206 valence electrons. The van der Waals surface area contributed by atoms with E-state index in [4.69, 9.17) is 26.8 Å². The minimum atomic E-state index is -0.526. The molecule has 38 heavy (non-hydrogen) atoms. The maximum atomic E-state index is 14.3. The van der Waals surface area contributed by atoms with E-state index in [1.54, 1.807) is 19.2 Å². The number of carbonyl (C=O) groups excluding carboxylic acids is 1. The monoisotopic (exact) mass is 544 g/mol. The Kier molecular flexibility index (Phi) is 11.0. The number of nitrogens with zero attached hydrogens (tertiary/aromatic N) is 2. The Morgan fingerprint density at radius 3 is 2.61 bits per heavy atom. The first-order valence-electron chi connectivity index (χ1n) is 13.2. The van der Waals surface area contributed by atoms with Gasteiger partial charge >= 0.3 is 0 Å². The quantitative estimate of drug-likeness (QED) is 0.290. The normalized spacial score (nSPS) is 17.7. The molecule has 2 aromatic carbocycles. The number of primary amides is 1. The second-order valence-corrected chi connectivity index (χ2v) is 10.3. The second kappa shape index (κ2) is 14.1. The molecular formula is C29H38ClFN4O3. The van der Waals surface area contributed by atoms with Gasteiger partial charge in [0.1, 0.15) is 12.1 Å². The highest BCUT2D eigenvalue weighted by atomic mass is 35.5. The van der Waals surface area contributed by atoms with E-state index in [1.807, 2.05) is 19.1 Å². The number of ether oxygens (including phenoxy) is 2. The molecule has 1 atom stereocenters. The summed E-state index contributed by atoms with van der Waals surface area (Å²) >= 11 is 5.90. The lowest BCUT2D eigenvalue weighted by Crippen LogP contribution is -2.23. The Labute approximate surface area is 229 Å². The van der Waals surface area contributed by atoms with Gasteiger partial charge in [-0.3, -0.25) is 4.79 Å². The molecular weight excluding hydrogens is 507 g/mol. The van der Waals surface area contributed by atoms with Gasteiger partial charge in [-0.25, -0.2) is 14.4 Å². The summed E-state index contributed by atoms with van der Waals surface area (Å²) in [5, 5.41) is 3.78. The third-order valence-corrected chi connectivity index (χ3v) is 7.15. The number of unbranched alkanes of at least 4 members (excludes halogenated alkanes) is 1. The van der Waals surface area contributed by atoms with E-state index in [9.17, 15) is 9.18 Å². The highest BCUT2D eigenvalue weighted by molar-refractivity contribution is 6.31. The molecule has 3 N–H and O–H groups in total. The smallest absolute Gasteiger partial charge is 0.220 e. The number of hydrogen-bond donors (Lipinski definition) is 2. The van der Waals surface area contributed by atoms with E-state index in [2.05, 4.69) is 29.1 Å². The van der Waals surface area contributed by atoms with Crippen LogP contribution < -0.4 is 20.5 Å². The fourth-order valence-corrected chi connectivity index (χ4v) is 4.50. The number of aromatic nitrogens is 2. The van der Waals surface area contributed by atoms with Crippen molar-refractivity contribution in [1.82, 2.24) is 9.97 Å². The van der Waals surface area contributed by atoms with Gasteiger partial charge in [0.05, 0.1) is 29.4 Å². The molecule has 1 aromatic heterocycles. The van der Waals surface area contributed by atoms with E-state index in [1.165, 1.54) is 12.4 Å². The summed E-state index contributed by atoms with van der Waals surface area (Å²) in [6.07, 6.45) is 9.11.